The molecule has 11 heavy (non-hydrogen) atoms. The van der Waals surface area contributed by atoms with Crippen LogP contribution in [0.5, 0.6) is 0 Å². The van der Waals surface area contributed by atoms with Gasteiger partial charge in [-0.25, -0.2) is 0 Å². The van der Waals surface area contributed by atoms with Crippen molar-refractivity contribution < 1.29 is 0 Å². The summed E-state index contributed by atoms with van der Waals surface area (Å²) in [5, 5.41) is 0. The molecule has 0 saturated carbocycles. The van der Waals surface area contributed by atoms with Crippen molar-refractivity contribution in [3.63, 3.8) is 0 Å². The summed E-state index contributed by atoms with van der Waals surface area (Å²) in [6.45, 7) is 6.46. The predicted molar refractivity (Wildman–Crippen MR) is 52.5 cm³/mol. The van der Waals surface area contributed by atoms with Crippen LogP contribution >= 0.6 is 12.6 Å². The van der Waals surface area contributed by atoms with Crippen molar-refractivity contribution in [1.82, 2.24) is 0 Å². The largest absolute Gasteiger partial charge is 0.143 e. The smallest absolute Gasteiger partial charge is 0.00772 e. The summed E-state index contributed by atoms with van der Waals surface area (Å²) in [6, 6.07) is 6.40. The summed E-state index contributed by atoms with van der Waals surface area (Å²) in [5.74, 6) is 0.572. The lowest BCUT2D eigenvalue weighted by molar-refractivity contribution is 0.842. The molecule has 1 rings (SSSR count). The highest BCUT2D eigenvalue weighted by molar-refractivity contribution is 7.80. The van der Waals surface area contributed by atoms with E-state index in [1.54, 1.807) is 0 Å². The molecule has 0 radical (unpaired) electrons. The molecular formula is C10H14S. The van der Waals surface area contributed by atoms with Gasteiger partial charge in [-0.2, -0.15) is 0 Å². The summed E-state index contributed by atoms with van der Waals surface area (Å²) >= 11 is 4.41. The number of hydrogen-bond acceptors (Lipinski definition) is 1. The SMILES string of the molecule is Cc1ccc(C(C)C)c(S)c1. The third kappa shape index (κ3) is 2.00. The maximum absolute atomic E-state index is 4.41. The van der Waals surface area contributed by atoms with Crippen LogP contribution in [0.1, 0.15) is 30.9 Å². The molecule has 0 aromatic heterocycles. The monoisotopic (exact) mass is 166 g/mol. The highest BCUT2D eigenvalue weighted by Crippen LogP contribution is 2.23. The lowest BCUT2D eigenvalue weighted by Gasteiger charge is -2.08. The molecule has 0 aliphatic carbocycles. The molecule has 0 N–H and O–H groups in total. The Morgan fingerprint density at radius 3 is 2.36 bits per heavy atom. The van der Waals surface area contributed by atoms with E-state index in [0.29, 0.717) is 5.92 Å². The molecule has 0 spiro atoms. The van der Waals surface area contributed by atoms with E-state index in [4.69, 9.17) is 0 Å². The molecule has 0 heterocycles. The standard InChI is InChI=1S/C10H14S/c1-7(2)9-5-4-8(3)6-10(9)11/h4-7,11H,1-3H3. The minimum Gasteiger partial charge on any atom is -0.143 e. The summed E-state index contributed by atoms with van der Waals surface area (Å²) in [5.41, 5.74) is 2.61. The Balaban J connectivity index is 3.09. The van der Waals surface area contributed by atoms with E-state index in [2.05, 4.69) is 51.6 Å². The predicted octanol–water partition coefficient (Wildman–Crippen LogP) is 3.41. The Morgan fingerprint density at radius 2 is 1.91 bits per heavy atom. The summed E-state index contributed by atoms with van der Waals surface area (Å²) < 4.78 is 0. The molecule has 0 fully saturated rings. The fraction of sp³-hybridized carbons (Fsp3) is 0.400. The molecule has 0 saturated heterocycles. The van der Waals surface area contributed by atoms with E-state index in [1.807, 2.05) is 0 Å². The molecular weight excluding hydrogens is 152 g/mol. The van der Waals surface area contributed by atoms with Crippen molar-refractivity contribution >= 4 is 12.6 Å². The van der Waals surface area contributed by atoms with Gasteiger partial charge in [0.25, 0.3) is 0 Å². The first-order chi connectivity index (χ1) is 5.11. The molecule has 1 aromatic rings. The fourth-order valence-corrected chi connectivity index (χ4v) is 1.68. The molecule has 0 amide bonds. The van der Waals surface area contributed by atoms with E-state index < -0.39 is 0 Å². The van der Waals surface area contributed by atoms with Gasteiger partial charge in [-0.3, -0.25) is 0 Å². The second-order valence-electron chi connectivity index (χ2n) is 3.22. The van der Waals surface area contributed by atoms with Gasteiger partial charge >= 0.3 is 0 Å². The molecule has 0 unspecified atom stereocenters. The third-order valence-electron chi connectivity index (χ3n) is 1.81. The second kappa shape index (κ2) is 3.31. The number of hydrogen-bond donors (Lipinski definition) is 1. The van der Waals surface area contributed by atoms with Gasteiger partial charge in [0.2, 0.25) is 0 Å². The van der Waals surface area contributed by atoms with E-state index in [9.17, 15) is 0 Å². The molecule has 1 aromatic carbocycles. The van der Waals surface area contributed by atoms with Crippen molar-refractivity contribution in [2.24, 2.45) is 0 Å². The van der Waals surface area contributed by atoms with Crippen LogP contribution < -0.4 is 0 Å². The lowest BCUT2D eigenvalue weighted by atomic mass is 10.0. The van der Waals surface area contributed by atoms with Gasteiger partial charge in [0.15, 0.2) is 0 Å². The maximum Gasteiger partial charge on any atom is 0.00772 e. The van der Waals surface area contributed by atoms with Gasteiger partial charge in [-0.15, -0.1) is 12.6 Å². The zero-order valence-electron chi connectivity index (χ0n) is 7.26. The van der Waals surface area contributed by atoms with Crippen molar-refractivity contribution in [3.05, 3.63) is 29.3 Å². The first-order valence-corrected chi connectivity index (χ1v) is 4.35. The van der Waals surface area contributed by atoms with Gasteiger partial charge in [0.1, 0.15) is 0 Å². The van der Waals surface area contributed by atoms with Crippen LogP contribution in [0.3, 0.4) is 0 Å². The van der Waals surface area contributed by atoms with Crippen LogP contribution in [0.2, 0.25) is 0 Å². The maximum atomic E-state index is 4.41. The minimum absolute atomic E-state index is 0.572. The van der Waals surface area contributed by atoms with Crippen LogP contribution in [-0.4, -0.2) is 0 Å². The summed E-state index contributed by atoms with van der Waals surface area (Å²) in [6.07, 6.45) is 0. The Kier molecular flexibility index (Phi) is 2.61. The van der Waals surface area contributed by atoms with Crippen molar-refractivity contribution in [3.8, 4) is 0 Å². The van der Waals surface area contributed by atoms with Gasteiger partial charge in [-0.1, -0.05) is 31.5 Å². The zero-order valence-corrected chi connectivity index (χ0v) is 8.15. The number of aryl methyl sites for hydroxylation is 1. The molecule has 0 nitrogen and oxygen atoms in total. The van der Waals surface area contributed by atoms with Crippen molar-refractivity contribution in [2.75, 3.05) is 0 Å². The van der Waals surface area contributed by atoms with Gasteiger partial charge < -0.3 is 0 Å². The lowest BCUT2D eigenvalue weighted by Crippen LogP contribution is -1.89. The Bertz CT molecular complexity index is 251. The Morgan fingerprint density at radius 1 is 1.27 bits per heavy atom. The first kappa shape index (κ1) is 8.66. The van der Waals surface area contributed by atoms with Crippen LogP contribution in [0.15, 0.2) is 23.1 Å². The normalized spacial score (nSPS) is 10.6. The summed E-state index contributed by atoms with van der Waals surface area (Å²) in [7, 11) is 0. The van der Waals surface area contributed by atoms with E-state index in [1.165, 1.54) is 11.1 Å². The minimum atomic E-state index is 0.572. The third-order valence-corrected chi connectivity index (χ3v) is 2.20. The number of thiol groups is 1. The average Bonchev–Trinajstić information content (AvgIpc) is 1.85. The number of benzene rings is 1. The van der Waals surface area contributed by atoms with Crippen LogP contribution in [-0.2, 0) is 0 Å². The van der Waals surface area contributed by atoms with E-state index in [0.717, 1.165) is 4.90 Å². The Labute approximate surface area is 74.0 Å². The van der Waals surface area contributed by atoms with Crippen LogP contribution in [0.4, 0.5) is 0 Å². The molecule has 60 valence electrons. The zero-order chi connectivity index (χ0) is 8.43. The van der Waals surface area contributed by atoms with Crippen molar-refractivity contribution in [2.45, 2.75) is 31.6 Å². The molecule has 0 aliphatic rings. The quantitative estimate of drug-likeness (QED) is 0.607. The summed E-state index contributed by atoms with van der Waals surface area (Å²) in [4.78, 5) is 1.11. The van der Waals surface area contributed by atoms with Gasteiger partial charge in [-0.05, 0) is 24.5 Å². The molecule has 1 heteroatoms. The number of rotatable bonds is 1. The molecule has 0 atom stereocenters. The fourth-order valence-electron chi connectivity index (χ4n) is 1.14. The second-order valence-corrected chi connectivity index (χ2v) is 3.70. The highest BCUT2D eigenvalue weighted by atomic mass is 32.1. The topological polar surface area (TPSA) is 0 Å². The van der Waals surface area contributed by atoms with Crippen molar-refractivity contribution in [1.29, 1.82) is 0 Å². The Hall–Kier alpha value is -0.430. The van der Waals surface area contributed by atoms with Crippen LogP contribution in [0.25, 0.3) is 0 Å². The highest BCUT2D eigenvalue weighted by Gasteiger charge is 2.02. The van der Waals surface area contributed by atoms with Gasteiger partial charge in [0.05, 0.1) is 0 Å². The first-order valence-electron chi connectivity index (χ1n) is 3.91. The van der Waals surface area contributed by atoms with Crippen LogP contribution in [0, 0.1) is 6.92 Å². The van der Waals surface area contributed by atoms with Gasteiger partial charge in [0, 0.05) is 4.90 Å². The average molecular weight is 166 g/mol. The molecule has 0 aliphatic heterocycles. The van der Waals surface area contributed by atoms with E-state index >= 15 is 0 Å². The van der Waals surface area contributed by atoms with E-state index in [-0.39, 0.29) is 0 Å². The molecule has 0 bridgehead atoms.